The number of nitrogens with zero attached hydrogens (tertiary/aromatic N) is 1. The van der Waals surface area contributed by atoms with Gasteiger partial charge in [0.2, 0.25) is 6.54 Å². The van der Waals surface area contributed by atoms with Gasteiger partial charge in [0.15, 0.2) is 0 Å². The normalized spacial score (nSPS) is 10.1. The van der Waals surface area contributed by atoms with Crippen LogP contribution >= 0.6 is 0 Å². The molecular weight excluding hydrogens is 178 g/mol. The van der Waals surface area contributed by atoms with Crippen molar-refractivity contribution in [1.82, 2.24) is 0 Å². The first kappa shape index (κ1) is 10.7. The highest BCUT2D eigenvalue weighted by atomic mass is 16.6. The molecule has 0 bridgehead atoms. The van der Waals surface area contributed by atoms with Gasteiger partial charge in [-0.3, -0.25) is 10.1 Å². The number of benzene rings is 1. The van der Waals surface area contributed by atoms with Crippen LogP contribution in [0, 0.1) is 10.1 Å². The molecule has 14 heavy (non-hydrogen) atoms. The first-order valence-electron chi connectivity index (χ1n) is 4.92. The molecule has 0 spiro atoms. The van der Waals surface area contributed by atoms with Crippen molar-refractivity contribution >= 4 is 0 Å². The molecule has 1 aromatic carbocycles. The van der Waals surface area contributed by atoms with Gasteiger partial charge in [0, 0.05) is 11.3 Å². The Balaban J connectivity index is 2.40. The molecule has 3 nitrogen and oxygen atoms in total. The Labute approximate surface area is 83.9 Å². The summed E-state index contributed by atoms with van der Waals surface area (Å²) in [7, 11) is 0. The van der Waals surface area contributed by atoms with E-state index >= 15 is 0 Å². The SMILES string of the molecule is CCc1ccc(CCC[N+](=O)[O-])cc1. The quantitative estimate of drug-likeness (QED) is 0.532. The molecule has 1 rings (SSSR count). The van der Waals surface area contributed by atoms with Crippen LogP contribution in [0.15, 0.2) is 24.3 Å². The van der Waals surface area contributed by atoms with Crippen molar-refractivity contribution in [1.29, 1.82) is 0 Å². The highest BCUT2D eigenvalue weighted by Crippen LogP contribution is 2.07. The van der Waals surface area contributed by atoms with Crippen molar-refractivity contribution in [2.75, 3.05) is 6.54 Å². The van der Waals surface area contributed by atoms with Crippen LogP contribution in [0.3, 0.4) is 0 Å². The first-order chi connectivity index (χ1) is 6.72. The largest absolute Gasteiger partial charge is 0.265 e. The van der Waals surface area contributed by atoms with E-state index in [0.29, 0.717) is 6.42 Å². The Morgan fingerprint density at radius 1 is 1.21 bits per heavy atom. The van der Waals surface area contributed by atoms with E-state index in [9.17, 15) is 10.1 Å². The molecule has 0 aliphatic rings. The number of nitro groups is 1. The van der Waals surface area contributed by atoms with Crippen molar-refractivity contribution in [3.05, 3.63) is 45.5 Å². The summed E-state index contributed by atoms with van der Waals surface area (Å²) in [6, 6.07) is 8.28. The summed E-state index contributed by atoms with van der Waals surface area (Å²) in [4.78, 5) is 9.83. The zero-order chi connectivity index (χ0) is 10.4. The topological polar surface area (TPSA) is 43.1 Å². The van der Waals surface area contributed by atoms with E-state index in [-0.39, 0.29) is 11.5 Å². The number of rotatable bonds is 5. The van der Waals surface area contributed by atoms with Crippen LogP contribution in [0.4, 0.5) is 0 Å². The molecule has 76 valence electrons. The van der Waals surface area contributed by atoms with Gasteiger partial charge in [-0.2, -0.15) is 0 Å². The molecule has 1 aromatic rings. The van der Waals surface area contributed by atoms with E-state index in [1.54, 1.807) is 0 Å². The third kappa shape index (κ3) is 3.56. The van der Waals surface area contributed by atoms with E-state index in [2.05, 4.69) is 31.2 Å². The standard InChI is InChI=1S/C11H15NO2/c1-2-10-5-7-11(8-6-10)4-3-9-12(13)14/h5-8H,2-4,9H2,1H3. The Hall–Kier alpha value is -1.38. The van der Waals surface area contributed by atoms with Crippen LogP contribution < -0.4 is 0 Å². The van der Waals surface area contributed by atoms with E-state index in [0.717, 1.165) is 12.8 Å². The molecule has 0 N–H and O–H groups in total. The molecule has 0 saturated carbocycles. The van der Waals surface area contributed by atoms with Crippen molar-refractivity contribution in [2.45, 2.75) is 26.2 Å². The monoisotopic (exact) mass is 193 g/mol. The summed E-state index contributed by atoms with van der Waals surface area (Å²) < 4.78 is 0. The minimum Gasteiger partial charge on any atom is -0.265 e. The molecule has 0 unspecified atom stereocenters. The van der Waals surface area contributed by atoms with Gasteiger partial charge in [0.05, 0.1) is 0 Å². The highest BCUT2D eigenvalue weighted by molar-refractivity contribution is 5.22. The number of aryl methyl sites for hydroxylation is 2. The number of hydrogen-bond acceptors (Lipinski definition) is 2. The smallest absolute Gasteiger partial charge is 0.204 e. The molecule has 3 heteroatoms. The molecule has 0 aromatic heterocycles. The van der Waals surface area contributed by atoms with Crippen LogP contribution in [0.5, 0.6) is 0 Å². The zero-order valence-electron chi connectivity index (χ0n) is 8.40. The van der Waals surface area contributed by atoms with Crippen LogP contribution in [0.25, 0.3) is 0 Å². The second-order valence-electron chi connectivity index (χ2n) is 3.33. The lowest BCUT2D eigenvalue weighted by Gasteiger charge is -2.00. The predicted molar refractivity (Wildman–Crippen MR) is 56.0 cm³/mol. The average Bonchev–Trinajstić information content (AvgIpc) is 2.18. The summed E-state index contributed by atoms with van der Waals surface area (Å²) >= 11 is 0. The van der Waals surface area contributed by atoms with Crippen LogP contribution in [-0.4, -0.2) is 11.5 Å². The minimum atomic E-state index is -0.263. The van der Waals surface area contributed by atoms with E-state index in [1.807, 2.05) is 0 Å². The highest BCUT2D eigenvalue weighted by Gasteiger charge is 1.98. The molecular formula is C11H15NO2. The molecule has 0 aliphatic carbocycles. The fraction of sp³-hybridized carbons (Fsp3) is 0.455. The first-order valence-corrected chi connectivity index (χ1v) is 4.92. The summed E-state index contributed by atoms with van der Waals surface area (Å²) in [5.41, 5.74) is 2.49. The zero-order valence-corrected chi connectivity index (χ0v) is 8.40. The van der Waals surface area contributed by atoms with Gasteiger partial charge in [0.1, 0.15) is 0 Å². The summed E-state index contributed by atoms with van der Waals surface area (Å²) in [5, 5.41) is 10.1. The lowest BCUT2D eigenvalue weighted by atomic mass is 10.1. The van der Waals surface area contributed by atoms with Gasteiger partial charge in [-0.05, 0) is 24.0 Å². The van der Waals surface area contributed by atoms with E-state index in [1.165, 1.54) is 11.1 Å². The Morgan fingerprint density at radius 2 is 1.79 bits per heavy atom. The van der Waals surface area contributed by atoms with Crippen LogP contribution in [0.2, 0.25) is 0 Å². The minimum absolute atomic E-state index is 0.0650. The third-order valence-electron chi connectivity index (χ3n) is 2.24. The lowest BCUT2D eigenvalue weighted by Crippen LogP contribution is -2.01. The van der Waals surface area contributed by atoms with E-state index < -0.39 is 0 Å². The van der Waals surface area contributed by atoms with Crippen molar-refractivity contribution in [3.63, 3.8) is 0 Å². The maximum absolute atomic E-state index is 10.1. The molecule has 0 saturated heterocycles. The van der Waals surface area contributed by atoms with Gasteiger partial charge in [-0.15, -0.1) is 0 Å². The average molecular weight is 193 g/mol. The van der Waals surface area contributed by atoms with Gasteiger partial charge in [-0.25, -0.2) is 0 Å². The molecule has 0 fully saturated rings. The summed E-state index contributed by atoms with van der Waals surface area (Å²) in [5.74, 6) is 0. The van der Waals surface area contributed by atoms with Crippen molar-refractivity contribution in [2.24, 2.45) is 0 Å². The molecule has 0 atom stereocenters. The van der Waals surface area contributed by atoms with Crippen LogP contribution in [-0.2, 0) is 12.8 Å². The van der Waals surface area contributed by atoms with Gasteiger partial charge < -0.3 is 0 Å². The Bertz CT molecular complexity index is 293. The fourth-order valence-corrected chi connectivity index (χ4v) is 1.35. The molecule has 0 aliphatic heterocycles. The Kier molecular flexibility index (Phi) is 4.11. The maximum Gasteiger partial charge on any atom is 0.204 e. The maximum atomic E-state index is 10.1. The Morgan fingerprint density at radius 3 is 2.29 bits per heavy atom. The van der Waals surface area contributed by atoms with E-state index in [4.69, 9.17) is 0 Å². The van der Waals surface area contributed by atoms with Gasteiger partial charge in [0.25, 0.3) is 0 Å². The van der Waals surface area contributed by atoms with Gasteiger partial charge in [-0.1, -0.05) is 31.2 Å². The molecule has 0 amide bonds. The fourth-order valence-electron chi connectivity index (χ4n) is 1.35. The number of hydrogen-bond donors (Lipinski definition) is 0. The summed E-state index contributed by atoms with van der Waals surface area (Å²) in [6.07, 6.45) is 2.46. The second kappa shape index (κ2) is 5.37. The van der Waals surface area contributed by atoms with Crippen molar-refractivity contribution < 1.29 is 4.92 Å². The van der Waals surface area contributed by atoms with Crippen molar-refractivity contribution in [3.8, 4) is 0 Å². The summed E-state index contributed by atoms with van der Waals surface area (Å²) in [6.45, 7) is 2.18. The molecule has 0 heterocycles. The molecule has 0 radical (unpaired) electrons. The lowest BCUT2D eigenvalue weighted by molar-refractivity contribution is -0.480. The predicted octanol–water partition coefficient (Wildman–Crippen LogP) is 2.46. The van der Waals surface area contributed by atoms with Gasteiger partial charge >= 0.3 is 0 Å². The second-order valence-corrected chi connectivity index (χ2v) is 3.33. The van der Waals surface area contributed by atoms with Crippen LogP contribution in [0.1, 0.15) is 24.5 Å². The third-order valence-corrected chi connectivity index (χ3v) is 2.24.